The Kier molecular flexibility index (Phi) is 2.45. The highest BCUT2D eigenvalue weighted by atomic mass is 16.4. The van der Waals surface area contributed by atoms with Crippen LogP contribution >= 0.6 is 0 Å². The molecular weight excluding hydrogens is 222 g/mol. The van der Waals surface area contributed by atoms with E-state index in [1.165, 1.54) is 12.7 Å². The number of nitrogens with zero attached hydrogens (tertiary/aromatic N) is 4. The van der Waals surface area contributed by atoms with Crippen LogP contribution in [0.1, 0.15) is 13.8 Å². The Labute approximate surface area is 97.3 Å². The number of carboxylic acid groups (broad SMARTS) is 1. The molecule has 0 spiro atoms. The molecular formula is C10H13N5O2. The van der Waals surface area contributed by atoms with Crippen molar-refractivity contribution in [1.82, 2.24) is 19.5 Å². The molecule has 0 atom stereocenters. The number of hydrogen-bond acceptors (Lipinski definition) is 5. The Morgan fingerprint density at radius 3 is 2.82 bits per heavy atom. The second-order valence-corrected chi connectivity index (χ2v) is 4.49. The van der Waals surface area contributed by atoms with Crippen molar-refractivity contribution < 1.29 is 9.90 Å². The normalized spacial score (nSPS) is 11.9. The Hall–Kier alpha value is -2.18. The minimum Gasteiger partial charge on any atom is -0.481 e. The number of imidazole rings is 1. The molecule has 0 radical (unpaired) electrons. The highest BCUT2D eigenvalue weighted by Crippen LogP contribution is 2.22. The summed E-state index contributed by atoms with van der Waals surface area (Å²) in [5, 5.41) is 9.08. The lowest BCUT2D eigenvalue weighted by Gasteiger charge is -2.19. The summed E-state index contributed by atoms with van der Waals surface area (Å²) in [6, 6.07) is 0. The molecule has 0 aliphatic carbocycles. The van der Waals surface area contributed by atoms with Gasteiger partial charge in [-0.1, -0.05) is 0 Å². The van der Waals surface area contributed by atoms with Crippen LogP contribution in [0.4, 0.5) is 5.82 Å². The first-order valence-corrected chi connectivity index (χ1v) is 5.06. The molecule has 0 saturated carbocycles. The molecule has 3 N–H and O–H groups in total. The number of aliphatic carboxylic acids is 1. The molecule has 90 valence electrons. The number of anilines is 1. The lowest BCUT2D eigenvalue weighted by atomic mass is 9.94. The summed E-state index contributed by atoms with van der Waals surface area (Å²) in [6.07, 6.45) is 2.87. The summed E-state index contributed by atoms with van der Waals surface area (Å²) in [5.41, 5.74) is 5.80. The van der Waals surface area contributed by atoms with Gasteiger partial charge in [-0.05, 0) is 13.8 Å². The zero-order chi connectivity index (χ0) is 12.6. The SMILES string of the molecule is CC(C)(Cn1cnc2c(N)ncnc21)C(=O)O. The van der Waals surface area contributed by atoms with Gasteiger partial charge in [0.05, 0.1) is 11.7 Å². The molecule has 0 unspecified atom stereocenters. The van der Waals surface area contributed by atoms with Crippen molar-refractivity contribution in [3.05, 3.63) is 12.7 Å². The lowest BCUT2D eigenvalue weighted by molar-refractivity contribution is -0.147. The van der Waals surface area contributed by atoms with Gasteiger partial charge in [-0.2, -0.15) is 0 Å². The molecule has 7 nitrogen and oxygen atoms in total. The van der Waals surface area contributed by atoms with Crippen LogP contribution in [-0.4, -0.2) is 30.6 Å². The van der Waals surface area contributed by atoms with Crippen LogP contribution < -0.4 is 5.73 Å². The van der Waals surface area contributed by atoms with E-state index in [9.17, 15) is 4.79 Å². The number of nitrogen functional groups attached to an aromatic ring is 1. The van der Waals surface area contributed by atoms with E-state index in [0.29, 0.717) is 17.0 Å². The average Bonchev–Trinajstić information content (AvgIpc) is 2.62. The van der Waals surface area contributed by atoms with Gasteiger partial charge in [0.15, 0.2) is 11.5 Å². The summed E-state index contributed by atoms with van der Waals surface area (Å²) >= 11 is 0. The zero-order valence-electron chi connectivity index (χ0n) is 9.58. The average molecular weight is 235 g/mol. The third-order valence-electron chi connectivity index (χ3n) is 2.57. The van der Waals surface area contributed by atoms with Gasteiger partial charge in [-0.25, -0.2) is 15.0 Å². The van der Waals surface area contributed by atoms with Gasteiger partial charge in [0.2, 0.25) is 0 Å². The van der Waals surface area contributed by atoms with Gasteiger partial charge in [0.1, 0.15) is 11.8 Å². The first-order valence-electron chi connectivity index (χ1n) is 5.06. The summed E-state index contributed by atoms with van der Waals surface area (Å²) < 4.78 is 1.67. The van der Waals surface area contributed by atoms with E-state index in [1.807, 2.05) is 0 Å². The number of rotatable bonds is 3. The fourth-order valence-electron chi connectivity index (χ4n) is 1.51. The van der Waals surface area contributed by atoms with Crippen LogP contribution in [0.3, 0.4) is 0 Å². The highest BCUT2D eigenvalue weighted by Gasteiger charge is 2.28. The van der Waals surface area contributed by atoms with Crippen LogP contribution in [-0.2, 0) is 11.3 Å². The van der Waals surface area contributed by atoms with E-state index < -0.39 is 11.4 Å². The summed E-state index contributed by atoms with van der Waals surface area (Å²) in [6.45, 7) is 3.56. The number of nitrogens with two attached hydrogens (primary N) is 1. The molecule has 0 aliphatic heterocycles. The van der Waals surface area contributed by atoms with E-state index in [-0.39, 0.29) is 6.54 Å². The van der Waals surface area contributed by atoms with Crippen LogP contribution in [0.25, 0.3) is 11.2 Å². The van der Waals surface area contributed by atoms with E-state index in [2.05, 4.69) is 15.0 Å². The van der Waals surface area contributed by atoms with Gasteiger partial charge in [-0.3, -0.25) is 4.79 Å². The number of hydrogen-bond donors (Lipinski definition) is 2. The van der Waals surface area contributed by atoms with Gasteiger partial charge < -0.3 is 15.4 Å². The van der Waals surface area contributed by atoms with Crippen molar-refractivity contribution in [3.8, 4) is 0 Å². The van der Waals surface area contributed by atoms with Crippen molar-refractivity contribution in [1.29, 1.82) is 0 Å². The molecule has 2 aromatic heterocycles. The number of carboxylic acids is 1. The second kappa shape index (κ2) is 3.69. The van der Waals surface area contributed by atoms with E-state index >= 15 is 0 Å². The third-order valence-corrected chi connectivity index (χ3v) is 2.57. The molecule has 2 aromatic rings. The molecule has 0 saturated heterocycles. The van der Waals surface area contributed by atoms with Crippen molar-refractivity contribution in [2.24, 2.45) is 5.41 Å². The predicted molar refractivity (Wildman–Crippen MR) is 61.2 cm³/mol. The molecule has 0 fully saturated rings. The first kappa shape index (κ1) is 11.3. The Morgan fingerprint density at radius 1 is 1.47 bits per heavy atom. The molecule has 2 rings (SSSR count). The largest absolute Gasteiger partial charge is 0.481 e. The maximum Gasteiger partial charge on any atom is 0.310 e. The van der Waals surface area contributed by atoms with Gasteiger partial charge in [0, 0.05) is 6.54 Å². The minimum absolute atomic E-state index is 0.273. The molecule has 0 amide bonds. The molecule has 2 heterocycles. The predicted octanol–water partition coefficient (Wildman–Crippen LogP) is 0.519. The topological polar surface area (TPSA) is 107 Å². The third kappa shape index (κ3) is 1.91. The van der Waals surface area contributed by atoms with Crippen molar-refractivity contribution >= 4 is 23.0 Å². The Morgan fingerprint density at radius 2 is 2.18 bits per heavy atom. The quantitative estimate of drug-likeness (QED) is 0.803. The highest BCUT2D eigenvalue weighted by molar-refractivity contribution is 5.81. The monoisotopic (exact) mass is 235 g/mol. The van der Waals surface area contributed by atoms with Gasteiger partial charge in [0.25, 0.3) is 0 Å². The van der Waals surface area contributed by atoms with E-state index in [0.717, 1.165) is 0 Å². The van der Waals surface area contributed by atoms with Crippen molar-refractivity contribution in [2.75, 3.05) is 5.73 Å². The summed E-state index contributed by atoms with van der Waals surface area (Å²) in [4.78, 5) is 23.0. The lowest BCUT2D eigenvalue weighted by Crippen LogP contribution is -2.29. The standard InChI is InChI=1S/C10H13N5O2/c1-10(2,9(16)17)3-15-5-14-6-7(11)12-4-13-8(6)15/h4-5H,3H2,1-2H3,(H,16,17)(H2,11,12,13). The number of carbonyl (C=O) groups is 1. The number of aromatic nitrogens is 4. The van der Waals surface area contributed by atoms with E-state index in [4.69, 9.17) is 10.8 Å². The van der Waals surface area contributed by atoms with Gasteiger partial charge >= 0.3 is 5.97 Å². The van der Waals surface area contributed by atoms with E-state index in [1.54, 1.807) is 18.4 Å². The zero-order valence-corrected chi connectivity index (χ0v) is 9.58. The molecule has 7 heteroatoms. The Bertz CT molecular complexity index is 575. The van der Waals surface area contributed by atoms with Crippen molar-refractivity contribution in [3.63, 3.8) is 0 Å². The first-order chi connectivity index (χ1) is 7.92. The van der Waals surface area contributed by atoms with Crippen LogP contribution in [0.5, 0.6) is 0 Å². The number of fused-ring (bicyclic) bond motifs is 1. The fraction of sp³-hybridized carbons (Fsp3) is 0.400. The van der Waals surface area contributed by atoms with Gasteiger partial charge in [-0.15, -0.1) is 0 Å². The minimum atomic E-state index is -0.895. The molecule has 0 aromatic carbocycles. The maximum atomic E-state index is 11.1. The molecule has 0 bridgehead atoms. The van der Waals surface area contributed by atoms with Crippen molar-refractivity contribution in [2.45, 2.75) is 20.4 Å². The Balaban J connectivity index is 2.44. The fourth-order valence-corrected chi connectivity index (χ4v) is 1.51. The molecule has 17 heavy (non-hydrogen) atoms. The summed E-state index contributed by atoms with van der Waals surface area (Å²) in [7, 11) is 0. The second-order valence-electron chi connectivity index (χ2n) is 4.49. The summed E-state index contributed by atoms with van der Waals surface area (Å²) in [5.74, 6) is -0.580. The van der Waals surface area contributed by atoms with Crippen LogP contribution in [0, 0.1) is 5.41 Å². The van der Waals surface area contributed by atoms with Crippen LogP contribution in [0.2, 0.25) is 0 Å². The molecule has 0 aliphatic rings. The smallest absolute Gasteiger partial charge is 0.310 e. The van der Waals surface area contributed by atoms with Crippen LogP contribution in [0.15, 0.2) is 12.7 Å². The maximum absolute atomic E-state index is 11.1.